The van der Waals surface area contributed by atoms with Gasteiger partial charge in [-0.2, -0.15) is 0 Å². The van der Waals surface area contributed by atoms with Crippen LogP contribution in [0.25, 0.3) is 0 Å². The Morgan fingerprint density at radius 3 is 2.79 bits per heavy atom. The largest absolute Gasteiger partial charge is 0.378 e. The van der Waals surface area contributed by atoms with Gasteiger partial charge in [-0.1, -0.05) is 11.6 Å². The molecule has 2 rings (SSSR count). The van der Waals surface area contributed by atoms with Crippen LogP contribution in [-0.2, 0) is 4.74 Å². The Kier molecular flexibility index (Phi) is 4.34. The highest BCUT2D eigenvalue weighted by Gasteiger charge is 2.29. The zero-order valence-electron chi connectivity index (χ0n) is 10.2. The minimum absolute atomic E-state index is 0.0951. The molecular formula is C12H13ClF2N2O2. The molecule has 1 aliphatic heterocycles. The van der Waals surface area contributed by atoms with Crippen molar-refractivity contribution in [3.63, 3.8) is 0 Å². The standard InChI is InChI=1S/C12H13ClF2N2O2/c1-19-11-5-16-4-10(11)17-12(18)6-2-8(14)9(15)3-7(6)13/h2-3,10-11,16H,4-5H2,1H3,(H,17,18)/t10-,11+/m1/s1. The van der Waals surface area contributed by atoms with E-state index in [4.69, 9.17) is 16.3 Å². The van der Waals surface area contributed by atoms with Gasteiger partial charge in [-0.25, -0.2) is 8.78 Å². The third-order valence-corrected chi connectivity index (χ3v) is 3.35. The molecule has 1 amide bonds. The predicted octanol–water partition coefficient (Wildman–Crippen LogP) is 1.33. The van der Waals surface area contributed by atoms with Crippen LogP contribution in [0.15, 0.2) is 12.1 Å². The molecule has 1 aromatic rings. The molecule has 0 radical (unpaired) electrons. The van der Waals surface area contributed by atoms with E-state index in [0.29, 0.717) is 13.1 Å². The molecule has 1 heterocycles. The molecule has 0 spiro atoms. The predicted molar refractivity (Wildman–Crippen MR) is 66.3 cm³/mol. The highest BCUT2D eigenvalue weighted by Crippen LogP contribution is 2.20. The molecule has 0 aliphatic carbocycles. The molecule has 104 valence electrons. The van der Waals surface area contributed by atoms with Crippen LogP contribution in [0.4, 0.5) is 8.78 Å². The molecule has 1 fully saturated rings. The third-order valence-electron chi connectivity index (χ3n) is 3.03. The Morgan fingerprint density at radius 2 is 2.11 bits per heavy atom. The van der Waals surface area contributed by atoms with Gasteiger partial charge in [-0.3, -0.25) is 4.79 Å². The number of hydrogen-bond acceptors (Lipinski definition) is 3. The zero-order chi connectivity index (χ0) is 14.0. The number of nitrogens with one attached hydrogen (secondary N) is 2. The second-order valence-electron chi connectivity index (χ2n) is 4.26. The first kappa shape index (κ1) is 14.2. The van der Waals surface area contributed by atoms with Crippen LogP contribution in [-0.4, -0.2) is 38.3 Å². The molecule has 1 aliphatic rings. The van der Waals surface area contributed by atoms with Crippen LogP contribution in [0.2, 0.25) is 5.02 Å². The van der Waals surface area contributed by atoms with Crippen molar-refractivity contribution in [1.82, 2.24) is 10.6 Å². The summed E-state index contributed by atoms with van der Waals surface area (Å²) in [6.45, 7) is 1.17. The van der Waals surface area contributed by atoms with Gasteiger partial charge in [0.15, 0.2) is 11.6 Å². The fraction of sp³-hybridized carbons (Fsp3) is 0.417. The minimum atomic E-state index is -1.11. The molecule has 4 nitrogen and oxygen atoms in total. The monoisotopic (exact) mass is 290 g/mol. The number of amides is 1. The molecule has 1 aromatic carbocycles. The van der Waals surface area contributed by atoms with Crippen LogP contribution in [0.1, 0.15) is 10.4 Å². The number of carbonyl (C=O) groups excluding carboxylic acids is 1. The van der Waals surface area contributed by atoms with Gasteiger partial charge < -0.3 is 15.4 Å². The number of carbonyl (C=O) groups is 1. The van der Waals surface area contributed by atoms with Gasteiger partial charge in [0.05, 0.1) is 22.7 Å². The Morgan fingerprint density at radius 1 is 1.42 bits per heavy atom. The van der Waals surface area contributed by atoms with E-state index in [2.05, 4.69) is 10.6 Å². The summed E-state index contributed by atoms with van der Waals surface area (Å²) in [4.78, 5) is 12.0. The van der Waals surface area contributed by atoms with E-state index in [1.807, 2.05) is 0 Å². The smallest absolute Gasteiger partial charge is 0.253 e. The second-order valence-corrected chi connectivity index (χ2v) is 4.67. The number of benzene rings is 1. The summed E-state index contributed by atoms with van der Waals surface area (Å²) in [6, 6.07) is 1.34. The average Bonchev–Trinajstić information content (AvgIpc) is 2.80. The molecule has 7 heteroatoms. The maximum absolute atomic E-state index is 13.1. The second kappa shape index (κ2) is 5.81. The van der Waals surface area contributed by atoms with E-state index in [-0.39, 0.29) is 22.7 Å². The SMILES string of the molecule is CO[C@H]1CNC[C@H]1NC(=O)c1cc(F)c(F)cc1Cl. The molecule has 0 aromatic heterocycles. The Labute approximate surface area is 114 Å². The number of hydrogen-bond donors (Lipinski definition) is 2. The van der Waals surface area contributed by atoms with E-state index in [1.165, 1.54) is 0 Å². The highest BCUT2D eigenvalue weighted by molar-refractivity contribution is 6.33. The van der Waals surface area contributed by atoms with Gasteiger partial charge >= 0.3 is 0 Å². The van der Waals surface area contributed by atoms with E-state index in [1.54, 1.807) is 7.11 Å². The minimum Gasteiger partial charge on any atom is -0.378 e. The first-order chi connectivity index (χ1) is 9.02. The van der Waals surface area contributed by atoms with E-state index in [9.17, 15) is 13.6 Å². The first-order valence-electron chi connectivity index (χ1n) is 5.72. The number of rotatable bonds is 3. The van der Waals surface area contributed by atoms with Crippen LogP contribution in [0, 0.1) is 11.6 Å². The van der Waals surface area contributed by atoms with E-state index in [0.717, 1.165) is 12.1 Å². The highest BCUT2D eigenvalue weighted by atomic mass is 35.5. The summed E-state index contributed by atoms with van der Waals surface area (Å²) in [7, 11) is 1.54. The molecule has 2 N–H and O–H groups in total. The fourth-order valence-electron chi connectivity index (χ4n) is 1.99. The lowest BCUT2D eigenvalue weighted by Gasteiger charge is -2.18. The molecule has 1 saturated heterocycles. The summed E-state index contributed by atoms with van der Waals surface area (Å²) < 4.78 is 31.2. The quantitative estimate of drug-likeness (QED) is 0.826. The van der Waals surface area contributed by atoms with Crippen molar-refractivity contribution >= 4 is 17.5 Å². The van der Waals surface area contributed by atoms with Gasteiger partial charge in [0, 0.05) is 20.2 Å². The Balaban J connectivity index is 2.14. The topological polar surface area (TPSA) is 50.4 Å². The van der Waals surface area contributed by atoms with Crippen molar-refractivity contribution in [3.8, 4) is 0 Å². The Bertz CT molecular complexity index is 499. The summed E-state index contributed by atoms with van der Waals surface area (Å²) in [5.74, 6) is -2.75. The molecule has 19 heavy (non-hydrogen) atoms. The normalized spacial score (nSPS) is 22.5. The van der Waals surface area contributed by atoms with Crippen molar-refractivity contribution in [2.24, 2.45) is 0 Å². The van der Waals surface area contributed by atoms with Crippen LogP contribution >= 0.6 is 11.6 Å². The van der Waals surface area contributed by atoms with Crippen LogP contribution < -0.4 is 10.6 Å². The lowest BCUT2D eigenvalue weighted by atomic mass is 10.1. The van der Waals surface area contributed by atoms with Gasteiger partial charge in [-0.15, -0.1) is 0 Å². The lowest BCUT2D eigenvalue weighted by Crippen LogP contribution is -2.43. The van der Waals surface area contributed by atoms with Gasteiger partial charge in [-0.05, 0) is 12.1 Å². The van der Waals surface area contributed by atoms with Crippen LogP contribution in [0.3, 0.4) is 0 Å². The van der Waals surface area contributed by atoms with Crippen molar-refractivity contribution in [2.75, 3.05) is 20.2 Å². The summed E-state index contributed by atoms with van der Waals surface area (Å²) in [5, 5.41) is 5.61. The van der Waals surface area contributed by atoms with Crippen molar-refractivity contribution < 1.29 is 18.3 Å². The lowest BCUT2D eigenvalue weighted by molar-refractivity contribution is 0.0779. The molecular weight excluding hydrogens is 278 g/mol. The third kappa shape index (κ3) is 3.02. The Hall–Kier alpha value is -1.24. The van der Waals surface area contributed by atoms with Crippen molar-refractivity contribution in [2.45, 2.75) is 12.1 Å². The van der Waals surface area contributed by atoms with E-state index < -0.39 is 17.5 Å². The molecule has 0 bridgehead atoms. The van der Waals surface area contributed by atoms with Crippen molar-refractivity contribution in [3.05, 3.63) is 34.4 Å². The summed E-state index contributed by atoms with van der Waals surface area (Å²) in [6.07, 6.45) is -0.159. The van der Waals surface area contributed by atoms with Gasteiger partial charge in [0.1, 0.15) is 0 Å². The van der Waals surface area contributed by atoms with Gasteiger partial charge in [0.25, 0.3) is 5.91 Å². The zero-order valence-corrected chi connectivity index (χ0v) is 10.9. The fourth-order valence-corrected chi connectivity index (χ4v) is 2.23. The molecule has 2 atom stereocenters. The summed E-state index contributed by atoms with van der Waals surface area (Å²) >= 11 is 5.74. The van der Waals surface area contributed by atoms with Gasteiger partial charge in [0.2, 0.25) is 0 Å². The summed E-state index contributed by atoms with van der Waals surface area (Å²) in [5.41, 5.74) is -0.0951. The average molecular weight is 291 g/mol. The molecule has 0 saturated carbocycles. The number of halogens is 3. The maximum Gasteiger partial charge on any atom is 0.253 e. The number of methoxy groups -OCH3 is 1. The van der Waals surface area contributed by atoms with Crippen LogP contribution in [0.5, 0.6) is 0 Å². The number of ether oxygens (including phenoxy) is 1. The molecule has 0 unspecified atom stereocenters. The first-order valence-corrected chi connectivity index (χ1v) is 6.09. The van der Waals surface area contributed by atoms with Crippen molar-refractivity contribution in [1.29, 1.82) is 0 Å². The maximum atomic E-state index is 13.1. The van der Waals surface area contributed by atoms with E-state index >= 15 is 0 Å².